The summed E-state index contributed by atoms with van der Waals surface area (Å²) in [5, 5.41) is 3.22. The third-order valence-corrected chi connectivity index (χ3v) is 5.07. The number of nitrogens with one attached hydrogen (secondary N) is 1. The van der Waals surface area contributed by atoms with Crippen molar-refractivity contribution in [3.8, 4) is 11.5 Å². The van der Waals surface area contributed by atoms with E-state index in [4.69, 9.17) is 9.47 Å². The molecular weight excluding hydrogens is 358 g/mol. The highest BCUT2D eigenvalue weighted by Gasteiger charge is 2.41. The van der Waals surface area contributed by atoms with Crippen LogP contribution in [0.25, 0.3) is 0 Å². The van der Waals surface area contributed by atoms with Crippen LogP contribution in [0.1, 0.15) is 35.2 Å². The monoisotopic (exact) mass is 373 g/mol. The average Bonchev–Trinajstić information content (AvgIpc) is 2.99. The number of hydrogen-bond acceptors (Lipinski definition) is 3. The normalized spacial score (nSPS) is 17.4. The molecule has 1 fully saturated rings. The van der Waals surface area contributed by atoms with E-state index in [1.807, 2.05) is 24.3 Å². The molecule has 2 aliphatic rings. The van der Waals surface area contributed by atoms with Crippen molar-refractivity contribution in [2.24, 2.45) is 0 Å². The summed E-state index contributed by atoms with van der Waals surface area (Å²) >= 11 is 3.51. The molecule has 0 unspecified atom stereocenters. The molecule has 0 atom stereocenters. The van der Waals surface area contributed by atoms with Gasteiger partial charge in [0.05, 0.1) is 11.1 Å². The van der Waals surface area contributed by atoms with E-state index >= 15 is 0 Å². The van der Waals surface area contributed by atoms with Crippen molar-refractivity contribution in [3.63, 3.8) is 0 Å². The Kier molecular flexibility index (Phi) is 3.53. The number of carbonyl (C=O) groups excluding carboxylic acids is 1. The molecule has 0 saturated heterocycles. The zero-order valence-electron chi connectivity index (χ0n) is 12.5. The number of hydrogen-bond donors (Lipinski definition) is 1. The van der Waals surface area contributed by atoms with Crippen LogP contribution < -0.4 is 14.8 Å². The van der Waals surface area contributed by atoms with Gasteiger partial charge in [0.25, 0.3) is 5.91 Å². The second-order valence-electron chi connectivity index (χ2n) is 5.94. The molecule has 1 aliphatic carbocycles. The van der Waals surface area contributed by atoms with Crippen molar-refractivity contribution >= 4 is 21.8 Å². The van der Waals surface area contributed by atoms with Gasteiger partial charge in [0.15, 0.2) is 11.5 Å². The van der Waals surface area contributed by atoms with Crippen molar-refractivity contribution in [2.75, 3.05) is 6.79 Å². The lowest BCUT2D eigenvalue weighted by Crippen LogP contribution is -2.50. The van der Waals surface area contributed by atoms with E-state index in [0.717, 1.165) is 29.3 Å². The van der Waals surface area contributed by atoms with Crippen LogP contribution in [-0.2, 0) is 5.54 Å². The molecule has 2 aromatic rings. The zero-order chi connectivity index (χ0) is 15.9. The van der Waals surface area contributed by atoms with Gasteiger partial charge in [-0.1, -0.05) is 34.1 Å². The Morgan fingerprint density at radius 3 is 2.70 bits per heavy atom. The van der Waals surface area contributed by atoms with Gasteiger partial charge in [-0.25, -0.2) is 0 Å². The highest BCUT2D eigenvalue weighted by molar-refractivity contribution is 9.10. The van der Waals surface area contributed by atoms with Gasteiger partial charge in [-0.3, -0.25) is 4.79 Å². The predicted octanol–water partition coefficient (Wildman–Crippen LogP) is 3.99. The molecule has 4 rings (SSSR count). The SMILES string of the molecule is O=C(NC1(c2cccc(Br)c2)CCC1)c1cccc2c1OCO2. The van der Waals surface area contributed by atoms with E-state index in [9.17, 15) is 4.79 Å². The molecule has 1 N–H and O–H groups in total. The summed E-state index contributed by atoms with van der Waals surface area (Å²) in [5.74, 6) is 1.04. The Balaban J connectivity index is 1.64. The molecule has 0 bridgehead atoms. The lowest BCUT2D eigenvalue weighted by Gasteiger charge is -2.43. The average molecular weight is 374 g/mol. The minimum atomic E-state index is -0.289. The maximum Gasteiger partial charge on any atom is 0.255 e. The topological polar surface area (TPSA) is 47.6 Å². The van der Waals surface area contributed by atoms with Crippen LogP contribution in [-0.4, -0.2) is 12.7 Å². The van der Waals surface area contributed by atoms with E-state index in [1.54, 1.807) is 6.07 Å². The fourth-order valence-electron chi connectivity index (χ4n) is 3.20. The van der Waals surface area contributed by atoms with Gasteiger partial charge in [0, 0.05) is 4.47 Å². The molecule has 0 aromatic heterocycles. The van der Waals surface area contributed by atoms with Crippen LogP contribution in [0.15, 0.2) is 46.9 Å². The van der Waals surface area contributed by atoms with Crippen molar-refractivity contribution in [3.05, 3.63) is 58.1 Å². The van der Waals surface area contributed by atoms with Gasteiger partial charge in [0.2, 0.25) is 6.79 Å². The van der Waals surface area contributed by atoms with Gasteiger partial charge < -0.3 is 14.8 Å². The summed E-state index contributed by atoms with van der Waals surface area (Å²) in [5.41, 5.74) is 1.38. The summed E-state index contributed by atoms with van der Waals surface area (Å²) in [7, 11) is 0. The van der Waals surface area contributed by atoms with E-state index < -0.39 is 0 Å². The van der Waals surface area contributed by atoms with Gasteiger partial charge >= 0.3 is 0 Å². The van der Waals surface area contributed by atoms with Gasteiger partial charge in [0.1, 0.15) is 0 Å². The van der Waals surface area contributed by atoms with Crippen LogP contribution in [0.3, 0.4) is 0 Å². The molecule has 118 valence electrons. The van der Waals surface area contributed by atoms with Crippen LogP contribution >= 0.6 is 15.9 Å². The quantitative estimate of drug-likeness (QED) is 0.884. The van der Waals surface area contributed by atoms with Crippen molar-refractivity contribution in [1.82, 2.24) is 5.32 Å². The number of benzene rings is 2. The molecule has 0 spiro atoms. The van der Waals surface area contributed by atoms with E-state index in [0.29, 0.717) is 17.1 Å². The smallest absolute Gasteiger partial charge is 0.255 e. The first kappa shape index (κ1) is 14.6. The Hall–Kier alpha value is -2.01. The fourth-order valence-corrected chi connectivity index (χ4v) is 3.60. The lowest BCUT2D eigenvalue weighted by atomic mass is 9.71. The number of para-hydroxylation sites is 1. The Bertz CT molecular complexity index is 771. The first-order valence-electron chi connectivity index (χ1n) is 7.65. The molecular formula is C18H16BrNO3. The number of halogens is 1. The fraction of sp³-hybridized carbons (Fsp3) is 0.278. The van der Waals surface area contributed by atoms with Crippen molar-refractivity contribution in [1.29, 1.82) is 0 Å². The molecule has 0 radical (unpaired) electrons. The maximum atomic E-state index is 12.8. The van der Waals surface area contributed by atoms with Gasteiger partial charge in [-0.2, -0.15) is 0 Å². The number of ether oxygens (including phenoxy) is 2. The Labute approximate surface area is 142 Å². The summed E-state index contributed by atoms with van der Waals surface area (Å²) < 4.78 is 11.8. The molecule has 4 nitrogen and oxygen atoms in total. The summed E-state index contributed by atoms with van der Waals surface area (Å²) in [6.45, 7) is 0.163. The largest absolute Gasteiger partial charge is 0.454 e. The predicted molar refractivity (Wildman–Crippen MR) is 89.7 cm³/mol. The second-order valence-corrected chi connectivity index (χ2v) is 6.86. The third kappa shape index (κ3) is 2.49. The summed E-state index contributed by atoms with van der Waals surface area (Å²) in [4.78, 5) is 12.8. The second kappa shape index (κ2) is 5.57. The molecule has 1 heterocycles. The molecule has 1 aliphatic heterocycles. The first-order valence-corrected chi connectivity index (χ1v) is 8.44. The summed E-state index contributed by atoms with van der Waals surface area (Å²) in [6, 6.07) is 13.5. The molecule has 1 saturated carbocycles. The maximum absolute atomic E-state index is 12.8. The standard InChI is InChI=1S/C18H16BrNO3/c19-13-5-1-4-12(10-13)18(8-3-9-18)20-17(21)14-6-2-7-15-16(14)23-11-22-15/h1-2,4-7,10H,3,8-9,11H2,(H,20,21). The first-order chi connectivity index (χ1) is 11.2. The summed E-state index contributed by atoms with van der Waals surface area (Å²) in [6.07, 6.45) is 3.00. The highest BCUT2D eigenvalue weighted by Crippen LogP contribution is 2.43. The van der Waals surface area contributed by atoms with Crippen LogP contribution in [0.5, 0.6) is 11.5 Å². The molecule has 1 amide bonds. The van der Waals surface area contributed by atoms with E-state index in [-0.39, 0.29) is 18.2 Å². The van der Waals surface area contributed by atoms with Gasteiger partial charge in [-0.15, -0.1) is 0 Å². The molecule has 2 aromatic carbocycles. The number of rotatable bonds is 3. The third-order valence-electron chi connectivity index (χ3n) is 4.58. The highest BCUT2D eigenvalue weighted by atomic mass is 79.9. The van der Waals surface area contributed by atoms with Crippen molar-refractivity contribution < 1.29 is 14.3 Å². The van der Waals surface area contributed by atoms with Crippen LogP contribution in [0.4, 0.5) is 0 Å². The van der Waals surface area contributed by atoms with Gasteiger partial charge in [-0.05, 0) is 49.1 Å². The zero-order valence-corrected chi connectivity index (χ0v) is 14.1. The molecule has 23 heavy (non-hydrogen) atoms. The Morgan fingerprint density at radius 2 is 1.96 bits per heavy atom. The number of carbonyl (C=O) groups is 1. The van der Waals surface area contributed by atoms with E-state index in [1.165, 1.54) is 0 Å². The van der Waals surface area contributed by atoms with E-state index in [2.05, 4.69) is 33.4 Å². The minimum Gasteiger partial charge on any atom is -0.454 e. The van der Waals surface area contributed by atoms with Crippen molar-refractivity contribution in [2.45, 2.75) is 24.8 Å². The number of fused-ring (bicyclic) bond motifs is 1. The molecule has 5 heteroatoms. The Morgan fingerprint density at radius 1 is 1.13 bits per heavy atom. The minimum absolute atomic E-state index is 0.118. The number of amides is 1. The lowest BCUT2D eigenvalue weighted by molar-refractivity contribution is 0.0819. The van der Waals surface area contributed by atoms with Crippen LogP contribution in [0.2, 0.25) is 0 Å². The van der Waals surface area contributed by atoms with Crippen LogP contribution in [0, 0.1) is 0 Å².